The van der Waals surface area contributed by atoms with Crippen LogP contribution in [0.3, 0.4) is 0 Å². The minimum atomic E-state index is -1.07. The third-order valence-electron chi connectivity index (χ3n) is 4.15. The zero-order valence-corrected chi connectivity index (χ0v) is 16.6. The largest absolute Gasteiger partial charge is 0.481 e. The number of methoxy groups -OCH3 is 2. The third-order valence-corrected chi connectivity index (χ3v) is 4.15. The number of hydrogen-bond donors (Lipinski definition) is 0. The molecular formula is C20H24N2O6. The summed E-state index contributed by atoms with van der Waals surface area (Å²) in [6.07, 6.45) is -0.463. The van der Waals surface area contributed by atoms with Crippen LogP contribution in [-0.2, 0) is 9.53 Å². The molecule has 0 aliphatic rings. The van der Waals surface area contributed by atoms with Crippen LogP contribution in [0, 0.1) is 12.8 Å². The van der Waals surface area contributed by atoms with Crippen molar-refractivity contribution in [1.82, 2.24) is 9.97 Å². The number of benzene rings is 1. The zero-order chi connectivity index (χ0) is 20.7. The second kappa shape index (κ2) is 9.68. The number of nitrogens with zero attached hydrogens (tertiary/aromatic N) is 2. The molecule has 0 spiro atoms. The van der Waals surface area contributed by atoms with Gasteiger partial charge in [-0.1, -0.05) is 31.5 Å². The van der Waals surface area contributed by atoms with E-state index in [1.54, 1.807) is 25.1 Å². The average molecular weight is 388 g/mol. The number of esters is 2. The summed E-state index contributed by atoms with van der Waals surface area (Å²) >= 11 is 0. The first-order chi connectivity index (χ1) is 13.4. The van der Waals surface area contributed by atoms with Crippen LogP contribution in [0.4, 0.5) is 0 Å². The fourth-order valence-electron chi connectivity index (χ4n) is 2.35. The quantitative estimate of drug-likeness (QED) is 0.503. The summed E-state index contributed by atoms with van der Waals surface area (Å²) < 4.78 is 20.9. The van der Waals surface area contributed by atoms with Crippen molar-refractivity contribution in [3.63, 3.8) is 0 Å². The molecule has 8 nitrogen and oxygen atoms in total. The van der Waals surface area contributed by atoms with E-state index in [1.807, 2.05) is 19.9 Å². The molecule has 8 heteroatoms. The van der Waals surface area contributed by atoms with E-state index in [0.717, 1.165) is 5.56 Å². The maximum absolute atomic E-state index is 12.6. The normalized spacial score (nSPS) is 12.6. The standard InChI is InChI=1S/C20H24N2O6/c1-6-13(3)17(27-20-21-15(25-4)11-16(22-20)26-5)19(24)28-18(23)14-9-7-8-12(2)10-14/h7-11,13,17H,6H2,1-5H3. The van der Waals surface area contributed by atoms with Gasteiger partial charge in [-0.2, -0.15) is 9.97 Å². The van der Waals surface area contributed by atoms with Gasteiger partial charge >= 0.3 is 17.9 Å². The monoisotopic (exact) mass is 388 g/mol. The first kappa shape index (κ1) is 21.1. The lowest BCUT2D eigenvalue weighted by Gasteiger charge is -2.21. The second-order valence-electron chi connectivity index (χ2n) is 6.24. The van der Waals surface area contributed by atoms with Gasteiger partial charge < -0.3 is 18.9 Å². The summed E-state index contributed by atoms with van der Waals surface area (Å²) in [4.78, 5) is 33.1. The molecule has 0 saturated heterocycles. The molecule has 150 valence electrons. The number of aryl methyl sites for hydroxylation is 1. The number of rotatable bonds is 8. The summed E-state index contributed by atoms with van der Waals surface area (Å²) in [6.45, 7) is 5.54. The van der Waals surface area contributed by atoms with E-state index in [9.17, 15) is 9.59 Å². The molecule has 28 heavy (non-hydrogen) atoms. The van der Waals surface area contributed by atoms with Gasteiger partial charge in [0.15, 0.2) is 0 Å². The lowest BCUT2D eigenvalue weighted by Crippen LogP contribution is -2.37. The molecule has 0 saturated carbocycles. The van der Waals surface area contributed by atoms with E-state index >= 15 is 0 Å². The van der Waals surface area contributed by atoms with Crippen LogP contribution in [0.25, 0.3) is 0 Å². The maximum Gasteiger partial charge on any atom is 0.355 e. The fourth-order valence-corrected chi connectivity index (χ4v) is 2.35. The van der Waals surface area contributed by atoms with E-state index < -0.39 is 18.0 Å². The van der Waals surface area contributed by atoms with Crippen molar-refractivity contribution < 1.29 is 28.5 Å². The summed E-state index contributed by atoms with van der Waals surface area (Å²) in [5, 5.41) is 0. The van der Waals surface area contributed by atoms with Crippen LogP contribution in [0.5, 0.6) is 17.8 Å². The summed E-state index contributed by atoms with van der Waals surface area (Å²) in [6, 6.07) is 8.15. The van der Waals surface area contributed by atoms with Gasteiger partial charge in [0, 0.05) is 5.92 Å². The minimum absolute atomic E-state index is 0.110. The molecule has 2 aromatic rings. The van der Waals surface area contributed by atoms with E-state index in [4.69, 9.17) is 18.9 Å². The van der Waals surface area contributed by atoms with Gasteiger partial charge in [0.05, 0.1) is 25.8 Å². The van der Waals surface area contributed by atoms with E-state index in [0.29, 0.717) is 6.42 Å². The molecule has 2 unspecified atom stereocenters. The van der Waals surface area contributed by atoms with E-state index in [2.05, 4.69) is 9.97 Å². The van der Waals surface area contributed by atoms with Crippen molar-refractivity contribution >= 4 is 11.9 Å². The van der Waals surface area contributed by atoms with Gasteiger partial charge in [-0.25, -0.2) is 9.59 Å². The zero-order valence-electron chi connectivity index (χ0n) is 16.6. The maximum atomic E-state index is 12.6. The van der Waals surface area contributed by atoms with Gasteiger partial charge in [0.25, 0.3) is 0 Å². The highest BCUT2D eigenvalue weighted by Gasteiger charge is 2.31. The minimum Gasteiger partial charge on any atom is -0.481 e. The molecule has 0 radical (unpaired) electrons. The number of carbonyl (C=O) groups excluding carboxylic acids is 2. The number of carbonyl (C=O) groups is 2. The van der Waals surface area contributed by atoms with Crippen molar-refractivity contribution in [1.29, 1.82) is 0 Å². The lowest BCUT2D eigenvalue weighted by molar-refractivity contribution is -0.148. The van der Waals surface area contributed by atoms with Crippen molar-refractivity contribution in [2.75, 3.05) is 14.2 Å². The van der Waals surface area contributed by atoms with Gasteiger partial charge in [-0.3, -0.25) is 0 Å². The summed E-state index contributed by atoms with van der Waals surface area (Å²) in [7, 11) is 2.87. The molecule has 0 bridgehead atoms. The Balaban J connectivity index is 2.21. The van der Waals surface area contributed by atoms with Crippen LogP contribution in [-0.4, -0.2) is 42.2 Å². The predicted octanol–water partition coefficient (Wildman–Crippen LogP) is 2.98. The molecule has 0 amide bonds. The van der Waals surface area contributed by atoms with Crippen LogP contribution in [0.15, 0.2) is 30.3 Å². The van der Waals surface area contributed by atoms with Crippen LogP contribution in [0.1, 0.15) is 36.2 Å². The van der Waals surface area contributed by atoms with Gasteiger partial charge in [0.1, 0.15) is 0 Å². The first-order valence-electron chi connectivity index (χ1n) is 8.84. The SMILES string of the molecule is CCC(C)C(Oc1nc(OC)cc(OC)n1)C(=O)OC(=O)c1cccc(C)c1. The molecule has 0 aliphatic heterocycles. The lowest BCUT2D eigenvalue weighted by atomic mass is 10.0. The van der Waals surface area contributed by atoms with Crippen molar-refractivity contribution in [3.05, 3.63) is 41.5 Å². The Morgan fingerprint density at radius 2 is 1.71 bits per heavy atom. The van der Waals surface area contributed by atoms with Crippen LogP contribution in [0.2, 0.25) is 0 Å². The van der Waals surface area contributed by atoms with Crippen molar-refractivity contribution in [3.8, 4) is 17.8 Å². The molecule has 1 heterocycles. The smallest absolute Gasteiger partial charge is 0.355 e. The Morgan fingerprint density at radius 1 is 1.07 bits per heavy atom. The number of ether oxygens (including phenoxy) is 4. The Morgan fingerprint density at radius 3 is 2.25 bits per heavy atom. The molecule has 0 N–H and O–H groups in total. The molecular weight excluding hydrogens is 364 g/mol. The van der Waals surface area contributed by atoms with Crippen molar-refractivity contribution in [2.24, 2.45) is 5.92 Å². The van der Waals surface area contributed by atoms with E-state index in [-0.39, 0.29) is 29.3 Å². The third kappa shape index (κ3) is 5.42. The Bertz CT molecular complexity index is 817. The second-order valence-corrected chi connectivity index (χ2v) is 6.24. The van der Waals surface area contributed by atoms with Gasteiger partial charge in [-0.05, 0) is 25.5 Å². The summed E-state index contributed by atoms with van der Waals surface area (Å²) in [5.41, 5.74) is 1.17. The van der Waals surface area contributed by atoms with Crippen molar-refractivity contribution in [2.45, 2.75) is 33.3 Å². The van der Waals surface area contributed by atoms with E-state index in [1.165, 1.54) is 20.3 Å². The molecule has 1 aromatic heterocycles. The Hall–Kier alpha value is -3.16. The highest BCUT2D eigenvalue weighted by molar-refractivity contribution is 5.98. The number of hydrogen-bond acceptors (Lipinski definition) is 8. The number of aromatic nitrogens is 2. The highest BCUT2D eigenvalue weighted by atomic mass is 16.6. The topological polar surface area (TPSA) is 96.8 Å². The Kier molecular flexibility index (Phi) is 7.31. The molecule has 0 aliphatic carbocycles. The van der Waals surface area contributed by atoms with Gasteiger partial charge in [0.2, 0.25) is 17.9 Å². The molecule has 2 rings (SSSR count). The molecule has 2 atom stereocenters. The fraction of sp³-hybridized carbons (Fsp3) is 0.400. The molecule has 0 fully saturated rings. The summed E-state index contributed by atoms with van der Waals surface area (Å²) in [5.74, 6) is -1.37. The average Bonchev–Trinajstić information content (AvgIpc) is 2.70. The van der Waals surface area contributed by atoms with Crippen LogP contribution >= 0.6 is 0 Å². The first-order valence-corrected chi connectivity index (χ1v) is 8.84. The van der Waals surface area contributed by atoms with Crippen LogP contribution < -0.4 is 14.2 Å². The highest BCUT2D eigenvalue weighted by Crippen LogP contribution is 2.22. The predicted molar refractivity (Wildman–Crippen MR) is 101 cm³/mol. The van der Waals surface area contributed by atoms with Gasteiger partial charge in [-0.15, -0.1) is 0 Å². The molecule has 1 aromatic carbocycles. The Labute approximate surface area is 163 Å².